The summed E-state index contributed by atoms with van der Waals surface area (Å²) in [5.41, 5.74) is 0.272. The Bertz CT molecular complexity index is 258. The second-order valence-corrected chi connectivity index (χ2v) is 3.00. The van der Waals surface area contributed by atoms with Crippen LogP contribution in [0.1, 0.15) is 6.42 Å². The zero-order chi connectivity index (χ0) is 14.4. The summed E-state index contributed by atoms with van der Waals surface area (Å²) in [5.74, 6) is -1.88. The first-order valence-corrected chi connectivity index (χ1v) is 5.35. The molecule has 0 spiro atoms. The van der Waals surface area contributed by atoms with Crippen LogP contribution in [0.2, 0.25) is 0 Å². The van der Waals surface area contributed by atoms with Crippen LogP contribution in [-0.4, -0.2) is 54.1 Å². The van der Waals surface area contributed by atoms with Crippen molar-refractivity contribution in [1.29, 1.82) is 0 Å². The Hall–Kier alpha value is -1.41. The van der Waals surface area contributed by atoms with E-state index in [4.69, 9.17) is 10.2 Å². The molecule has 0 aliphatic carbocycles. The van der Waals surface area contributed by atoms with E-state index in [0.717, 1.165) is 12.6 Å². The van der Waals surface area contributed by atoms with Gasteiger partial charge in [0.2, 0.25) is 0 Å². The Labute approximate surface area is 119 Å². The van der Waals surface area contributed by atoms with E-state index in [0.29, 0.717) is 6.42 Å². The molecule has 0 bridgehead atoms. The average Bonchev–Trinajstić information content (AvgIpc) is 2.29. The van der Waals surface area contributed by atoms with Crippen LogP contribution >= 0.6 is 11.6 Å². The van der Waals surface area contributed by atoms with Gasteiger partial charge in [-0.15, -0.1) is 11.6 Å². The smallest absolute Gasteiger partial charge is 0.331 e. The number of hydrogen-bond acceptors (Lipinski definition) is 5. The number of rotatable bonds is 5. The molecule has 0 aromatic heterocycles. The molecule has 0 fully saturated rings. The van der Waals surface area contributed by atoms with Gasteiger partial charge in [-0.05, 0) is 20.5 Å². The second kappa shape index (κ2) is 21.8. The lowest BCUT2D eigenvalue weighted by Crippen LogP contribution is -2.15. The minimum atomic E-state index is -0.981. The van der Waals surface area contributed by atoms with Crippen molar-refractivity contribution >= 4 is 23.5 Å². The van der Waals surface area contributed by atoms with Gasteiger partial charge < -0.3 is 27.4 Å². The van der Waals surface area contributed by atoms with Crippen molar-refractivity contribution in [1.82, 2.24) is 17.2 Å². The highest BCUT2D eigenvalue weighted by Gasteiger charge is 2.02. The third kappa shape index (κ3) is 38.4. The molecule has 0 radical (unpaired) electrons. The Balaban J connectivity index is -0.0000000627. The van der Waals surface area contributed by atoms with Crippen molar-refractivity contribution < 1.29 is 19.8 Å². The minimum absolute atomic E-state index is 0. The van der Waals surface area contributed by atoms with Gasteiger partial charge in [-0.2, -0.15) is 0 Å². The molecule has 0 saturated heterocycles. The molecule has 0 heterocycles. The summed E-state index contributed by atoms with van der Waals surface area (Å²) in [4.78, 5) is 21.4. The van der Waals surface area contributed by atoms with Gasteiger partial charge >= 0.3 is 11.9 Å². The maximum Gasteiger partial charge on any atom is 0.331 e. The number of aliphatic carboxylic acids is 2. The van der Waals surface area contributed by atoms with Crippen LogP contribution in [0.5, 0.6) is 0 Å². The largest absolute Gasteiger partial charge is 0.478 e. The van der Waals surface area contributed by atoms with Crippen molar-refractivity contribution in [2.24, 2.45) is 0 Å². The van der Waals surface area contributed by atoms with Crippen LogP contribution in [0.15, 0.2) is 24.8 Å². The third-order valence-corrected chi connectivity index (χ3v) is 1.34. The molecule has 7 nitrogen and oxygen atoms in total. The molecule has 8 heteroatoms. The van der Waals surface area contributed by atoms with Gasteiger partial charge in [-0.25, -0.2) is 9.59 Å². The number of hydrogen-bond donors (Lipinski definition) is 4. The molecular formula is C11H26ClN3O4. The fraction of sp³-hybridized carbons (Fsp3) is 0.455. The SMILES string of the molecule is C=C(CCN(C)C)C(=O)O.C=CC(=O)O.CCl.N.N. The summed E-state index contributed by atoms with van der Waals surface area (Å²) in [6, 6.07) is 0. The fourth-order valence-corrected chi connectivity index (χ4v) is 0.465. The normalized spacial score (nSPS) is 7.21. The molecule has 0 rings (SSSR count). The van der Waals surface area contributed by atoms with Gasteiger partial charge in [0.05, 0.1) is 0 Å². The van der Waals surface area contributed by atoms with E-state index in [-0.39, 0.29) is 17.9 Å². The van der Waals surface area contributed by atoms with Crippen molar-refractivity contribution in [3.05, 3.63) is 24.8 Å². The lowest BCUT2D eigenvalue weighted by Gasteiger charge is -2.07. The van der Waals surface area contributed by atoms with E-state index < -0.39 is 11.9 Å². The highest BCUT2D eigenvalue weighted by molar-refractivity contribution is 6.15. The third-order valence-electron chi connectivity index (χ3n) is 1.34. The van der Waals surface area contributed by atoms with E-state index in [2.05, 4.69) is 24.8 Å². The maximum absolute atomic E-state index is 10.2. The van der Waals surface area contributed by atoms with Gasteiger partial charge in [0.1, 0.15) is 0 Å². The summed E-state index contributed by atoms with van der Waals surface area (Å²) >= 11 is 4.64. The lowest BCUT2D eigenvalue weighted by atomic mass is 10.2. The van der Waals surface area contributed by atoms with Crippen LogP contribution in [-0.2, 0) is 9.59 Å². The van der Waals surface area contributed by atoms with Crippen LogP contribution in [0, 0.1) is 0 Å². The molecule has 0 aromatic carbocycles. The lowest BCUT2D eigenvalue weighted by molar-refractivity contribution is -0.133. The first-order chi connectivity index (χ1) is 7.81. The highest BCUT2D eigenvalue weighted by atomic mass is 35.5. The van der Waals surface area contributed by atoms with Gasteiger partial charge in [0.15, 0.2) is 0 Å². The Morgan fingerprint density at radius 2 is 1.53 bits per heavy atom. The number of nitrogens with zero attached hydrogens (tertiary/aromatic N) is 1. The van der Waals surface area contributed by atoms with E-state index in [1.54, 1.807) is 0 Å². The molecule has 0 amide bonds. The van der Waals surface area contributed by atoms with E-state index >= 15 is 0 Å². The van der Waals surface area contributed by atoms with Crippen molar-refractivity contribution in [3.63, 3.8) is 0 Å². The van der Waals surface area contributed by atoms with Gasteiger partial charge in [0, 0.05) is 24.6 Å². The number of carboxylic acid groups (broad SMARTS) is 2. The molecule has 116 valence electrons. The number of carboxylic acids is 2. The highest BCUT2D eigenvalue weighted by Crippen LogP contribution is 1.97. The van der Waals surface area contributed by atoms with Crippen LogP contribution < -0.4 is 12.3 Å². The van der Waals surface area contributed by atoms with Crippen LogP contribution in [0.4, 0.5) is 0 Å². The monoisotopic (exact) mass is 299 g/mol. The van der Waals surface area contributed by atoms with Crippen LogP contribution in [0.25, 0.3) is 0 Å². The van der Waals surface area contributed by atoms with Gasteiger partial charge in [-0.3, -0.25) is 0 Å². The number of halogens is 1. The summed E-state index contributed by atoms with van der Waals surface area (Å²) < 4.78 is 0. The van der Waals surface area contributed by atoms with Gasteiger partial charge in [0.25, 0.3) is 0 Å². The molecule has 0 aliphatic rings. The molecule has 0 aliphatic heterocycles. The first-order valence-electron chi connectivity index (χ1n) is 4.60. The predicted molar refractivity (Wildman–Crippen MR) is 79.6 cm³/mol. The van der Waals surface area contributed by atoms with E-state index in [1.165, 1.54) is 6.38 Å². The summed E-state index contributed by atoms with van der Waals surface area (Å²) in [6.45, 7) is 7.10. The van der Waals surface area contributed by atoms with Crippen LogP contribution in [0.3, 0.4) is 0 Å². The first kappa shape index (κ1) is 30.5. The summed E-state index contributed by atoms with van der Waals surface area (Å²) in [6.07, 6.45) is 2.84. The zero-order valence-corrected chi connectivity index (χ0v) is 12.6. The predicted octanol–water partition coefficient (Wildman–Crippen LogP) is 2.01. The molecule has 0 atom stereocenters. The number of carbonyl (C=O) groups is 2. The standard InChI is InChI=1S/C7H13NO2.C3H4O2.CH3Cl.2H3N/c1-6(7(9)10)4-5-8(2)3;1-2-3(4)5;1-2;;/h1,4-5H2,2-3H3,(H,9,10);2H,1H2,(H,4,5);1H3;2*1H3. The summed E-state index contributed by atoms with van der Waals surface area (Å²) in [7, 11) is 3.80. The molecular weight excluding hydrogens is 274 g/mol. The zero-order valence-electron chi connectivity index (χ0n) is 11.9. The molecule has 0 aromatic rings. The van der Waals surface area contributed by atoms with E-state index in [9.17, 15) is 9.59 Å². The van der Waals surface area contributed by atoms with Crippen molar-refractivity contribution in [2.75, 3.05) is 27.0 Å². The molecule has 19 heavy (non-hydrogen) atoms. The Morgan fingerprint density at radius 1 is 1.21 bits per heavy atom. The average molecular weight is 300 g/mol. The molecule has 0 unspecified atom stereocenters. The second-order valence-electron chi connectivity index (χ2n) is 3.00. The molecule has 0 saturated carbocycles. The molecule has 8 N–H and O–H groups in total. The summed E-state index contributed by atoms with van der Waals surface area (Å²) in [5, 5.41) is 16.0. The quantitative estimate of drug-likeness (QED) is 0.448. The Morgan fingerprint density at radius 3 is 1.68 bits per heavy atom. The number of alkyl halides is 1. The van der Waals surface area contributed by atoms with Crippen molar-refractivity contribution in [3.8, 4) is 0 Å². The van der Waals surface area contributed by atoms with E-state index in [1.807, 2.05) is 19.0 Å². The topological polar surface area (TPSA) is 148 Å². The van der Waals surface area contributed by atoms with Crippen molar-refractivity contribution in [2.45, 2.75) is 6.42 Å². The van der Waals surface area contributed by atoms with Gasteiger partial charge in [-0.1, -0.05) is 13.2 Å². The Kier molecular flexibility index (Phi) is 35.1. The minimum Gasteiger partial charge on any atom is -0.478 e. The fourth-order valence-electron chi connectivity index (χ4n) is 0.465. The maximum atomic E-state index is 10.2.